The number of aliphatic hydroxyl groups is 2. The third-order valence-corrected chi connectivity index (χ3v) is 21.6. The van der Waals surface area contributed by atoms with Gasteiger partial charge in [0.25, 0.3) is 0 Å². The molecule has 2 aliphatic heterocycles. The average molecular weight is 1830 g/mol. The molecule has 0 saturated heterocycles. The van der Waals surface area contributed by atoms with Crippen molar-refractivity contribution in [3.8, 4) is 57.5 Å². The molecule has 12 N–H and O–H groups in total. The number of ether oxygens (including phenoxy) is 12. The van der Waals surface area contributed by atoms with E-state index in [1.165, 1.54) is 96.9 Å². The number of fused-ring (bicyclic) bond motifs is 27. The number of nitrogens with one attached hydrogen (secondary N) is 5. The number of aromatic amines is 5. The highest BCUT2D eigenvalue weighted by Gasteiger charge is 2.26. The molecule has 22 rings (SSSR count). The molecule has 44 heteroatoms. The van der Waals surface area contributed by atoms with Gasteiger partial charge in [-0.3, -0.25) is 0 Å². The van der Waals surface area contributed by atoms with E-state index in [-0.39, 0.29) is 61.0 Å². The molecule has 0 spiro atoms. The second-order valence-corrected chi connectivity index (χ2v) is 29.6. The SMILES string of the molecule is COCCOc1cc2nc3c4ccc(C(=O)O)cc4[nH]c(=O)n3c2cc1OCCOC.COc1cc2nc3c4ccc(C(=O)O)cc4[nH]c(=O)n3c2cc1OC.O=C(O)c1ccc2c(c1)[nH]c(=O)n1c3cc(OCCO)c(OCCO)cc3nc21.O=C(O)c1ccc2c(c1)[nH]c(=O)n1c3cc4c(cc3nc21)OCCO4.O=C(O)c1ccc2c(c1)[nH]c(=O)n1c3cc4c(cc3nc21)OCO4. The number of hydrogen-bond donors (Lipinski definition) is 12. The number of nitrogens with zero attached hydrogens (tertiary/aromatic N) is 10. The molecule has 10 aromatic heterocycles. The smallest absolute Gasteiger partial charge is 0.335 e. The Kier molecular flexibility index (Phi) is 23.1. The zero-order valence-electron chi connectivity index (χ0n) is 70.3. The van der Waals surface area contributed by atoms with Crippen LogP contribution in [0.3, 0.4) is 0 Å². The maximum absolute atomic E-state index is 12.8. The molecule has 2 aliphatic rings. The summed E-state index contributed by atoms with van der Waals surface area (Å²) in [4.78, 5) is 155. The number of hydrogen-bond acceptors (Lipinski definition) is 29. The molecule has 0 radical (unpaired) electrons. The molecule has 0 bridgehead atoms. The number of rotatable bonds is 21. The fourth-order valence-electron chi connectivity index (χ4n) is 15.6. The molecule has 0 saturated carbocycles. The van der Waals surface area contributed by atoms with Crippen LogP contribution in [0.2, 0.25) is 0 Å². The van der Waals surface area contributed by atoms with E-state index in [2.05, 4.69) is 49.8 Å². The van der Waals surface area contributed by atoms with Crippen LogP contribution in [0.5, 0.6) is 57.5 Å². The van der Waals surface area contributed by atoms with Crippen LogP contribution < -0.4 is 75.8 Å². The first kappa shape index (κ1) is 86.8. The fraction of sp³-hybridized carbons (Fsp3) is 0.167. The van der Waals surface area contributed by atoms with Crippen molar-refractivity contribution in [3.05, 3.63) is 232 Å². The van der Waals surface area contributed by atoms with E-state index in [0.717, 1.165) is 0 Å². The number of aromatic nitrogens is 15. The number of aromatic carboxylic acids is 5. The first-order valence-corrected chi connectivity index (χ1v) is 40.4. The summed E-state index contributed by atoms with van der Waals surface area (Å²) < 4.78 is 72.2. The van der Waals surface area contributed by atoms with Gasteiger partial charge in [0.1, 0.15) is 39.6 Å². The van der Waals surface area contributed by atoms with Crippen LogP contribution in [0.25, 0.3) is 138 Å². The third-order valence-electron chi connectivity index (χ3n) is 21.6. The Morgan fingerprint density at radius 1 is 0.306 bits per heavy atom. The first-order valence-electron chi connectivity index (χ1n) is 40.4. The second kappa shape index (κ2) is 35.6. The van der Waals surface area contributed by atoms with Gasteiger partial charge in [-0.05, 0) is 91.0 Å². The molecule has 12 heterocycles. The largest absolute Gasteiger partial charge is 0.493 e. The fourth-order valence-corrected chi connectivity index (χ4v) is 15.6. The highest BCUT2D eigenvalue weighted by Crippen LogP contribution is 2.41. The van der Waals surface area contributed by atoms with Gasteiger partial charge in [0.2, 0.25) is 6.79 Å². The molecule has 20 aromatic rings. The van der Waals surface area contributed by atoms with Crippen molar-refractivity contribution >= 4 is 168 Å². The van der Waals surface area contributed by atoms with Crippen LogP contribution >= 0.6 is 0 Å². The van der Waals surface area contributed by atoms with Crippen molar-refractivity contribution in [1.29, 1.82) is 0 Å². The Labute approximate surface area is 743 Å². The van der Waals surface area contributed by atoms with Crippen molar-refractivity contribution < 1.29 is 117 Å². The van der Waals surface area contributed by atoms with Gasteiger partial charge in [-0.1, -0.05) is 0 Å². The number of benzene rings is 10. The van der Waals surface area contributed by atoms with Gasteiger partial charge in [-0.15, -0.1) is 0 Å². The monoisotopic (exact) mass is 1830 g/mol. The van der Waals surface area contributed by atoms with Crippen molar-refractivity contribution in [3.63, 3.8) is 0 Å². The van der Waals surface area contributed by atoms with E-state index in [1.54, 1.807) is 105 Å². The normalized spacial score (nSPS) is 12.1. The molecular weight excluding hydrogens is 1760 g/mol. The van der Waals surface area contributed by atoms with E-state index < -0.39 is 58.3 Å². The molecule has 0 unspecified atom stereocenters. The minimum absolute atomic E-state index is 0.0228. The van der Waals surface area contributed by atoms with Crippen LogP contribution in [0, 0.1) is 0 Å². The van der Waals surface area contributed by atoms with E-state index in [4.69, 9.17) is 87.5 Å². The molecule has 0 amide bonds. The molecule has 680 valence electrons. The van der Waals surface area contributed by atoms with Crippen LogP contribution in [0.1, 0.15) is 51.8 Å². The second-order valence-electron chi connectivity index (χ2n) is 29.6. The summed E-state index contributed by atoms with van der Waals surface area (Å²) in [5, 5.41) is 66.9. The number of aliphatic hydroxyl groups excluding tert-OH is 2. The van der Waals surface area contributed by atoms with Crippen molar-refractivity contribution in [2.45, 2.75) is 0 Å². The van der Waals surface area contributed by atoms with Crippen molar-refractivity contribution in [2.24, 2.45) is 0 Å². The standard InChI is InChI=1S/C21H21N3O7.C19H17N3O7.C17H11N3O5.C17H13N3O5.C16H9N3O5/c1-28-5-7-30-17-10-15-16(11-18(17)31-8-6-29-2)24-19(22-15)13-4-3-12(20(25)26)9-14(13)23-21(24)27;23-3-5-28-15-8-13-14(9-16(15)29-6-4-24)22-17(20-13)11-2-1-10(18(25)26)7-12(11)21-19(22)27;21-16(22)8-1-2-9-10(5-8)19-17(23)20-12-7-14-13(24-3-4-25-14)6-11(12)18-15(9)20;1-24-13-6-11-12(7-14(13)25-2)20-15(18-11)9-4-3-8(16(21)22)5-10(9)19-17(20)23;20-15(21)7-1-2-8-9(3-7)18-16(22)19-11-5-13-12(23-6-24-13)4-10(11)17-14(8)19/h3-4,9-11H,5-8H2,1-2H3,(H,23,27)(H,25,26);1-2,7-9,23-24H,3-6H2,(H,21,27)(H,25,26);1-2,5-7H,3-4H2,(H,19,23)(H,21,22);3-7H,1-2H3,(H,19,23)(H,21,22);1-5H,6H2,(H,18,22)(H,20,21). The van der Waals surface area contributed by atoms with Gasteiger partial charge >= 0.3 is 58.3 Å². The Morgan fingerprint density at radius 2 is 0.545 bits per heavy atom. The number of carboxylic acid groups (broad SMARTS) is 5. The molecule has 10 aromatic carbocycles. The maximum atomic E-state index is 12.8. The zero-order valence-corrected chi connectivity index (χ0v) is 70.3. The molecule has 0 fully saturated rings. The Morgan fingerprint density at radius 3 is 0.828 bits per heavy atom. The highest BCUT2D eigenvalue weighted by atomic mass is 16.7. The number of methoxy groups -OCH3 is 4. The topological polar surface area (TPSA) is 589 Å². The van der Waals surface area contributed by atoms with Crippen LogP contribution in [-0.4, -0.2) is 239 Å². The lowest BCUT2D eigenvalue weighted by atomic mass is 10.1. The minimum atomic E-state index is -1.10. The maximum Gasteiger partial charge on any atom is 0.335 e. The average Bonchev–Trinajstić information content (AvgIpc) is 1.62. The number of carbonyl (C=O) groups is 5. The Bertz CT molecular complexity index is 8460. The van der Waals surface area contributed by atoms with E-state index in [1.807, 2.05) is 0 Å². The minimum Gasteiger partial charge on any atom is -0.493 e. The van der Waals surface area contributed by atoms with Gasteiger partial charge in [-0.2, -0.15) is 0 Å². The lowest BCUT2D eigenvalue weighted by Gasteiger charge is -2.17. The van der Waals surface area contributed by atoms with E-state index >= 15 is 0 Å². The molecule has 44 nitrogen and oxygen atoms in total. The van der Waals surface area contributed by atoms with Gasteiger partial charge in [0, 0.05) is 102 Å². The summed E-state index contributed by atoms with van der Waals surface area (Å²) in [6.07, 6.45) is 0. The Hall–Kier alpha value is -17.9. The summed E-state index contributed by atoms with van der Waals surface area (Å²) >= 11 is 0. The predicted molar refractivity (Wildman–Crippen MR) is 479 cm³/mol. The van der Waals surface area contributed by atoms with Gasteiger partial charge in [0.05, 0.1) is 151 Å². The van der Waals surface area contributed by atoms with Crippen LogP contribution in [-0.2, 0) is 9.47 Å². The van der Waals surface area contributed by atoms with Gasteiger partial charge < -0.3 is 118 Å². The summed E-state index contributed by atoms with van der Waals surface area (Å²) in [7, 11) is 6.19. The van der Waals surface area contributed by atoms with Gasteiger partial charge in [-0.25, -0.2) is 94.9 Å². The van der Waals surface area contributed by atoms with Crippen LogP contribution in [0.4, 0.5) is 0 Å². The van der Waals surface area contributed by atoms with Crippen LogP contribution in [0.15, 0.2) is 176 Å². The number of H-pyrrole nitrogens is 5. The summed E-state index contributed by atoms with van der Waals surface area (Å²) in [6, 6.07) is 39.4. The zero-order chi connectivity index (χ0) is 93.8. The molecule has 134 heavy (non-hydrogen) atoms. The van der Waals surface area contributed by atoms with Crippen molar-refractivity contribution in [1.82, 2.24) is 71.8 Å². The molecule has 0 aliphatic carbocycles. The summed E-state index contributed by atoms with van der Waals surface area (Å²) in [5.41, 5.74) is 7.85. The quantitative estimate of drug-likeness (QED) is 0.0300. The van der Waals surface area contributed by atoms with Gasteiger partial charge in [0.15, 0.2) is 85.7 Å². The Balaban J connectivity index is 0.000000112. The lowest BCUT2D eigenvalue weighted by molar-refractivity contribution is 0.0686. The summed E-state index contributed by atoms with van der Waals surface area (Å²) in [5.74, 6) is -0.530. The van der Waals surface area contributed by atoms with Crippen molar-refractivity contribution in [2.75, 3.05) is 101 Å². The highest BCUT2D eigenvalue weighted by molar-refractivity contribution is 6.06. The first-order chi connectivity index (χ1) is 64.8. The third kappa shape index (κ3) is 16.0. The number of imidazole rings is 5. The van der Waals surface area contributed by atoms with E-state index in [9.17, 15) is 53.1 Å². The summed E-state index contributed by atoms with van der Waals surface area (Å²) in [6.45, 7) is 2.12. The van der Waals surface area contributed by atoms with E-state index in [0.29, 0.717) is 235 Å². The molecular formula is C90H71N15O29. The predicted octanol–water partition coefficient (Wildman–Crippen LogP) is 8.45. The lowest BCUT2D eigenvalue weighted by Crippen LogP contribution is -2.17. The number of carboxylic acids is 5. The molecule has 0 atom stereocenters.